The molecule has 4 rings (SSSR count). The maximum absolute atomic E-state index is 13.7. The summed E-state index contributed by atoms with van der Waals surface area (Å²) in [5, 5.41) is 3.52. The summed E-state index contributed by atoms with van der Waals surface area (Å²) < 4.78 is 13.7. The Morgan fingerprint density at radius 1 is 1.06 bits per heavy atom. The van der Waals surface area contributed by atoms with Crippen molar-refractivity contribution >= 4 is 29.1 Å². The minimum absolute atomic E-state index is 0.0297. The quantitative estimate of drug-likeness (QED) is 0.548. The van der Waals surface area contributed by atoms with E-state index in [0.717, 1.165) is 32.1 Å². The van der Waals surface area contributed by atoms with Crippen LogP contribution in [0.3, 0.4) is 0 Å². The topological polar surface area (TPSA) is 75.2 Å². The number of hydrogen-bond donors (Lipinski definition) is 1. The van der Waals surface area contributed by atoms with Gasteiger partial charge in [0.25, 0.3) is 5.91 Å². The highest BCUT2D eigenvalue weighted by Gasteiger charge is 2.35. The Morgan fingerprint density at radius 2 is 1.82 bits per heavy atom. The number of carbonyl (C=O) groups is 2. The highest BCUT2D eigenvalue weighted by Crippen LogP contribution is 2.32. The Kier molecular flexibility index (Phi) is 7.29. The van der Waals surface area contributed by atoms with E-state index in [1.807, 2.05) is 0 Å². The zero-order valence-corrected chi connectivity index (χ0v) is 18.7. The van der Waals surface area contributed by atoms with Gasteiger partial charge in [0.1, 0.15) is 17.6 Å². The molecule has 1 atom stereocenters. The van der Waals surface area contributed by atoms with Crippen LogP contribution in [0.25, 0.3) is 0 Å². The molecular weight excluding hydrogens is 443 g/mol. The van der Waals surface area contributed by atoms with Crippen LogP contribution < -0.4 is 10.2 Å². The lowest BCUT2D eigenvalue weighted by molar-refractivity contribution is -0.123. The van der Waals surface area contributed by atoms with E-state index in [-0.39, 0.29) is 17.6 Å². The smallest absolute Gasteiger partial charge is 0.279 e. The first-order chi connectivity index (χ1) is 16.0. The van der Waals surface area contributed by atoms with Crippen molar-refractivity contribution in [2.45, 2.75) is 44.2 Å². The Labute approximate surface area is 196 Å². The van der Waals surface area contributed by atoms with Crippen molar-refractivity contribution in [2.24, 2.45) is 0 Å². The maximum Gasteiger partial charge on any atom is 0.279 e. The number of halogens is 2. The molecule has 1 N–H and O–H groups in total. The summed E-state index contributed by atoms with van der Waals surface area (Å²) in [5.74, 6) is -1.29. The molecule has 0 bridgehead atoms. The van der Waals surface area contributed by atoms with Crippen molar-refractivity contribution in [1.29, 1.82) is 0 Å². The van der Waals surface area contributed by atoms with Gasteiger partial charge in [-0.2, -0.15) is 0 Å². The van der Waals surface area contributed by atoms with Gasteiger partial charge >= 0.3 is 0 Å². The van der Waals surface area contributed by atoms with Crippen molar-refractivity contribution < 1.29 is 14.0 Å². The molecule has 0 unspecified atom stereocenters. The molecule has 1 aromatic heterocycles. The molecule has 170 valence electrons. The minimum Gasteiger partial charge on any atom is -0.351 e. The number of nitrogens with one attached hydrogen (secondary N) is 1. The molecule has 1 fully saturated rings. The molecule has 0 spiro atoms. The summed E-state index contributed by atoms with van der Waals surface area (Å²) in [4.78, 5) is 36.8. The fourth-order valence-corrected chi connectivity index (χ4v) is 4.32. The van der Waals surface area contributed by atoms with Gasteiger partial charge in [-0.3, -0.25) is 19.5 Å². The molecule has 0 aliphatic heterocycles. The fourth-order valence-electron chi connectivity index (χ4n) is 4.13. The van der Waals surface area contributed by atoms with Crippen LogP contribution >= 0.6 is 11.6 Å². The van der Waals surface area contributed by atoms with Crippen molar-refractivity contribution in [3.05, 3.63) is 89.2 Å². The predicted molar refractivity (Wildman–Crippen MR) is 124 cm³/mol. The molecule has 8 heteroatoms. The van der Waals surface area contributed by atoms with Crippen molar-refractivity contribution in [1.82, 2.24) is 15.3 Å². The second-order valence-electron chi connectivity index (χ2n) is 8.04. The van der Waals surface area contributed by atoms with E-state index in [9.17, 15) is 14.0 Å². The predicted octanol–water partition coefficient (Wildman–Crippen LogP) is 5.11. The number of nitrogens with zero attached hydrogens (tertiary/aromatic N) is 3. The van der Waals surface area contributed by atoms with Crippen LogP contribution in [0, 0.1) is 5.82 Å². The van der Waals surface area contributed by atoms with Gasteiger partial charge in [-0.25, -0.2) is 9.37 Å². The zero-order valence-electron chi connectivity index (χ0n) is 18.0. The molecule has 6 nitrogen and oxygen atoms in total. The number of aromatic nitrogens is 2. The molecular formula is C25H24ClFN4O2. The van der Waals surface area contributed by atoms with Crippen LogP contribution in [0.5, 0.6) is 0 Å². The van der Waals surface area contributed by atoms with Gasteiger partial charge in [-0.05, 0) is 48.7 Å². The van der Waals surface area contributed by atoms with Crippen LogP contribution in [0.2, 0.25) is 5.02 Å². The van der Waals surface area contributed by atoms with Crippen molar-refractivity contribution in [3.8, 4) is 0 Å². The van der Waals surface area contributed by atoms with Gasteiger partial charge in [0.15, 0.2) is 0 Å². The lowest BCUT2D eigenvalue weighted by Crippen LogP contribution is -2.47. The van der Waals surface area contributed by atoms with Gasteiger partial charge in [0.05, 0.1) is 6.20 Å². The van der Waals surface area contributed by atoms with E-state index >= 15 is 0 Å². The SMILES string of the molecule is O=C(NC1CCCCC1)[C@H](c1ccc(F)cc1)N(C(=O)c1cnccn1)c1cccc(Cl)c1. The number of carbonyl (C=O) groups excluding carboxylic acids is 2. The van der Waals surface area contributed by atoms with E-state index in [1.54, 1.807) is 24.3 Å². The Balaban J connectivity index is 1.80. The highest BCUT2D eigenvalue weighted by atomic mass is 35.5. The lowest BCUT2D eigenvalue weighted by atomic mass is 9.94. The average molecular weight is 467 g/mol. The Bertz CT molecular complexity index is 1100. The number of hydrogen-bond acceptors (Lipinski definition) is 4. The zero-order chi connectivity index (χ0) is 23.2. The minimum atomic E-state index is -1.06. The number of rotatable bonds is 6. The molecule has 1 aliphatic carbocycles. The molecule has 0 radical (unpaired) electrons. The van der Waals surface area contributed by atoms with E-state index < -0.39 is 17.8 Å². The first-order valence-electron chi connectivity index (χ1n) is 10.9. The van der Waals surface area contributed by atoms with E-state index in [4.69, 9.17) is 11.6 Å². The Hall–Kier alpha value is -3.32. The first kappa shape index (κ1) is 22.9. The highest BCUT2D eigenvalue weighted by molar-refractivity contribution is 6.31. The first-order valence-corrected chi connectivity index (χ1v) is 11.3. The van der Waals surface area contributed by atoms with Crippen molar-refractivity contribution in [3.63, 3.8) is 0 Å². The number of benzene rings is 2. The molecule has 1 aliphatic rings. The van der Waals surface area contributed by atoms with E-state index in [1.165, 1.54) is 47.8 Å². The van der Waals surface area contributed by atoms with E-state index in [2.05, 4.69) is 15.3 Å². The average Bonchev–Trinajstić information content (AvgIpc) is 2.84. The maximum atomic E-state index is 13.7. The molecule has 0 saturated heterocycles. The van der Waals surface area contributed by atoms with Crippen LogP contribution in [0.1, 0.15) is 54.2 Å². The summed E-state index contributed by atoms with van der Waals surface area (Å²) in [6.45, 7) is 0. The second kappa shape index (κ2) is 10.5. The molecule has 3 aromatic rings. The lowest BCUT2D eigenvalue weighted by Gasteiger charge is -2.33. The van der Waals surface area contributed by atoms with Crippen LogP contribution in [-0.4, -0.2) is 27.8 Å². The molecule has 1 heterocycles. The van der Waals surface area contributed by atoms with Gasteiger partial charge in [-0.1, -0.05) is 49.1 Å². The summed E-state index contributed by atoms with van der Waals surface area (Å²) in [5.41, 5.74) is 0.975. The molecule has 2 amide bonds. The normalized spacial score (nSPS) is 15.0. The third-order valence-corrected chi connectivity index (χ3v) is 5.97. The summed E-state index contributed by atoms with van der Waals surface area (Å²) >= 11 is 6.23. The molecule has 2 aromatic carbocycles. The van der Waals surface area contributed by atoms with Crippen molar-refractivity contribution in [2.75, 3.05) is 4.90 Å². The van der Waals surface area contributed by atoms with E-state index in [0.29, 0.717) is 16.3 Å². The van der Waals surface area contributed by atoms with Crippen LogP contribution in [0.15, 0.2) is 67.1 Å². The standard InChI is InChI=1S/C25H24ClFN4O2/c26-18-5-4-8-21(15-18)31(25(33)22-16-28-13-14-29-22)23(17-9-11-19(27)12-10-17)24(32)30-20-6-2-1-3-7-20/h4-5,8-16,20,23H,1-3,6-7H2,(H,30,32)/t23-/m0/s1. The van der Waals surface area contributed by atoms with Gasteiger partial charge in [0, 0.05) is 29.1 Å². The Morgan fingerprint density at radius 3 is 2.48 bits per heavy atom. The monoisotopic (exact) mass is 466 g/mol. The second-order valence-corrected chi connectivity index (χ2v) is 8.48. The van der Waals surface area contributed by atoms with Gasteiger partial charge < -0.3 is 5.32 Å². The number of anilines is 1. The molecule has 33 heavy (non-hydrogen) atoms. The van der Waals surface area contributed by atoms with Gasteiger partial charge in [0.2, 0.25) is 5.91 Å². The third kappa shape index (κ3) is 5.54. The molecule has 1 saturated carbocycles. The fraction of sp³-hybridized carbons (Fsp3) is 0.280. The summed E-state index contributed by atoms with van der Waals surface area (Å²) in [6, 6.07) is 11.3. The summed E-state index contributed by atoms with van der Waals surface area (Å²) in [6.07, 6.45) is 9.24. The van der Waals surface area contributed by atoms with Crippen LogP contribution in [0.4, 0.5) is 10.1 Å². The number of amides is 2. The third-order valence-electron chi connectivity index (χ3n) is 5.73. The van der Waals surface area contributed by atoms with Gasteiger partial charge in [-0.15, -0.1) is 0 Å². The largest absolute Gasteiger partial charge is 0.351 e. The summed E-state index contributed by atoms with van der Waals surface area (Å²) in [7, 11) is 0. The van der Waals surface area contributed by atoms with Crippen LogP contribution in [-0.2, 0) is 4.79 Å².